The summed E-state index contributed by atoms with van der Waals surface area (Å²) in [6.07, 6.45) is 2.15. The van der Waals surface area contributed by atoms with Crippen molar-refractivity contribution in [2.45, 2.75) is 6.54 Å². The normalized spacial score (nSPS) is 10.3. The lowest BCUT2D eigenvalue weighted by Gasteiger charge is -1.97. The number of rotatable bonds is 2. The average Bonchev–Trinajstić information content (AvgIpc) is 2.69. The van der Waals surface area contributed by atoms with E-state index in [4.69, 9.17) is 0 Å². The Labute approximate surface area is 124 Å². The van der Waals surface area contributed by atoms with Crippen molar-refractivity contribution >= 4 is 11.0 Å². The van der Waals surface area contributed by atoms with Crippen molar-refractivity contribution in [2.75, 3.05) is 0 Å². The van der Waals surface area contributed by atoms with E-state index in [2.05, 4.69) is 77.1 Å². The third kappa shape index (κ3) is 2.41. The van der Waals surface area contributed by atoms with Crippen molar-refractivity contribution in [1.82, 2.24) is 4.57 Å². The smallest absolute Gasteiger partial charge is 0.244 e. The second-order valence-electron chi connectivity index (χ2n) is 4.33. The minimum atomic E-state index is 0. The molecule has 0 saturated carbocycles. The van der Waals surface area contributed by atoms with Gasteiger partial charge in [-0.05, 0) is 17.7 Å². The van der Waals surface area contributed by atoms with E-state index in [9.17, 15) is 0 Å². The van der Waals surface area contributed by atoms with Crippen LogP contribution in [0.3, 0.4) is 0 Å². The van der Waals surface area contributed by atoms with Crippen molar-refractivity contribution in [3.63, 3.8) is 0 Å². The molecule has 3 aromatic rings. The van der Waals surface area contributed by atoms with Gasteiger partial charge in [0.15, 0.2) is 11.0 Å². The molecule has 2 aromatic carbocycles. The van der Waals surface area contributed by atoms with Crippen molar-refractivity contribution in [1.29, 1.82) is 0 Å². The van der Waals surface area contributed by atoms with Crippen LogP contribution in [0, 0.1) is 0 Å². The highest BCUT2D eigenvalue weighted by atomic mass is 127. The summed E-state index contributed by atoms with van der Waals surface area (Å²) in [5.74, 6) is 0. The van der Waals surface area contributed by atoms with Crippen LogP contribution in [0.2, 0.25) is 0 Å². The number of hydrogen-bond donors (Lipinski definition) is 0. The van der Waals surface area contributed by atoms with Crippen LogP contribution in [0.5, 0.6) is 0 Å². The Hall–Kier alpha value is -1.36. The van der Waals surface area contributed by atoms with Crippen LogP contribution in [0.25, 0.3) is 11.0 Å². The van der Waals surface area contributed by atoms with Crippen LogP contribution in [0.15, 0.2) is 60.9 Å². The van der Waals surface area contributed by atoms with E-state index < -0.39 is 0 Å². The number of benzene rings is 2. The molecular weight excluding hydrogens is 335 g/mol. The Morgan fingerprint density at radius 1 is 0.944 bits per heavy atom. The number of aryl methyl sites for hydroxylation is 1. The largest absolute Gasteiger partial charge is 1.00 e. The molecule has 0 N–H and O–H groups in total. The predicted octanol–water partition coefficient (Wildman–Crippen LogP) is -0.482. The highest BCUT2D eigenvalue weighted by Gasteiger charge is 2.11. The highest BCUT2D eigenvalue weighted by molar-refractivity contribution is 5.71. The Morgan fingerprint density at radius 2 is 1.61 bits per heavy atom. The zero-order valence-corrected chi connectivity index (χ0v) is 12.4. The molecule has 0 aliphatic rings. The molecule has 0 radical (unpaired) electrons. The first-order valence-electron chi connectivity index (χ1n) is 5.82. The van der Waals surface area contributed by atoms with Gasteiger partial charge in [-0.15, -0.1) is 0 Å². The van der Waals surface area contributed by atoms with E-state index in [0.717, 1.165) is 6.54 Å². The number of fused-ring (bicyclic) bond motifs is 1. The molecule has 0 amide bonds. The SMILES string of the molecule is C[n+]1cn(Cc2ccccc2)c2ccccc21.[I-]. The van der Waals surface area contributed by atoms with Crippen molar-refractivity contribution in [3.8, 4) is 0 Å². The maximum Gasteiger partial charge on any atom is 0.244 e. The first kappa shape index (κ1) is 13.1. The molecule has 92 valence electrons. The van der Waals surface area contributed by atoms with Crippen LogP contribution in [0.4, 0.5) is 0 Å². The maximum atomic E-state index is 2.28. The number of hydrogen-bond acceptors (Lipinski definition) is 0. The number of para-hydroxylation sites is 2. The molecule has 18 heavy (non-hydrogen) atoms. The summed E-state index contributed by atoms with van der Waals surface area (Å²) >= 11 is 0. The summed E-state index contributed by atoms with van der Waals surface area (Å²) in [6.45, 7) is 0.919. The molecule has 3 heteroatoms. The monoisotopic (exact) mass is 350 g/mol. The summed E-state index contributed by atoms with van der Waals surface area (Å²) in [4.78, 5) is 0. The Morgan fingerprint density at radius 3 is 2.39 bits per heavy atom. The van der Waals surface area contributed by atoms with E-state index >= 15 is 0 Å². The van der Waals surface area contributed by atoms with Crippen molar-refractivity contribution in [2.24, 2.45) is 7.05 Å². The molecule has 0 unspecified atom stereocenters. The van der Waals surface area contributed by atoms with Gasteiger partial charge in [0.25, 0.3) is 0 Å². The van der Waals surface area contributed by atoms with Gasteiger partial charge in [-0.25, -0.2) is 9.13 Å². The fourth-order valence-corrected chi connectivity index (χ4v) is 2.24. The lowest BCUT2D eigenvalue weighted by atomic mass is 10.2. The fraction of sp³-hybridized carbons (Fsp3) is 0.133. The quantitative estimate of drug-likeness (QED) is 0.436. The first-order chi connectivity index (χ1) is 8.34. The van der Waals surface area contributed by atoms with E-state index in [1.165, 1.54) is 16.6 Å². The average molecular weight is 350 g/mol. The minimum absolute atomic E-state index is 0. The number of nitrogens with zero attached hydrogens (tertiary/aromatic N) is 2. The van der Waals surface area contributed by atoms with Crippen LogP contribution < -0.4 is 28.5 Å². The van der Waals surface area contributed by atoms with Gasteiger partial charge in [0.05, 0.1) is 7.05 Å². The summed E-state index contributed by atoms with van der Waals surface area (Å²) in [7, 11) is 2.09. The summed E-state index contributed by atoms with van der Waals surface area (Å²) in [5, 5.41) is 0. The zero-order valence-electron chi connectivity index (χ0n) is 10.3. The Kier molecular flexibility index (Phi) is 4.01. The topological polar surface area (TPSA) is 8.81 Å². The van der Waals surface area contributed by atoms with Crippen LogP contribution >= 0.6 is 0 Å². The lowest BCUT2D eigenvalue weighted by Crippen LogP contribution is -3.00. The molecule has 0 aliphatic heterocycles. The molecule has 2 nitrogen and oxygen atoms in total. The number of halogens is 1. The van der Waals surface area contributed by atoms with Gasteiger partial charge in [0.2, 0.25) is 6.33 Å². The van der Waals surface area contributed by atoms with Crippen molar-refractivity contribution in [3.05, 3.63) is 66.5 Å². The van der Waals surface area contributed by atoms with Gasteiger partial charge < -0.3 is 24.0 Å². The first-order valence-corrected chi connectivity index (χ1v) is 5.82. The van der Waals surface area contributed by atoms with Crippen molar-refractivity contribution < 1.29 is 28.5 Å². The van der Waals surface area contributed by atoms with Crippen LogP contribution in [-0.2, 0) is 13.6 Å². The molecule has 1 heterocycles. The van der Waals surface area contributed by atoms with E-state index in [1.54, 1.807) is 0 Å². The molecule has 0 atom stereocenters. The summed E-state index contributed by atoms with van der Waals surface area (Å²) in [6, 6.07) is 19.0. The van der Waals surface area contributed by atoms with Gasteiger partial charge in [-0.1, -0.05) is 42.5 Å². The van der Waals surface area contributed by atoms with E-state index in [-0.39, 0.29) is 24.0 Å². The third-order valence-corrected chi connectivity index (χ3v) is 3.08. The van der Waals surface area contributed by atoms with Gasteiger partial charge in [0, 0.05) is 0 Å². The Balaban J connectivity index is 0.00000120. The standard InChI is InChI=1S/C15H15N2.HI/c1-16-12-17(11-13-7-3-2-4-8-13)15-10-6-5-9-14(15)16;/h2-10,12H,11H2,1H3;1H/q+1;/p-1. The van der Waals surface area contributed by atoms with Gasteiger partial charge in [0.1, 0.15) is 6.54 Å². The predicted molar refractivity (Wildman–Crippen MR) is 68.7 cm³/mol. The summed E-state index contributed by atoms with van der Waals surface area (Å²) in [5.41, 5.74) is 3.87. The molecule has 0 fully saturated rings. The van der Waals surface area contributed by atoms with Crippen LogP contribution in [0.1, 0.15) is 5.56 Å². The lowest BCUT2D eigenvalue weighted by molar-refractivity contribution is -0.645. The fourth-order valence-electron chi connectivity index (χ4n) is 2.24. The summed E-state index contributed by atoms with van der Waals surface area (Å²) < 4.78 is 4.45. The molecule has 0 spiro atoms. The molecular formula is C15H15IN2. The van der Waals surface area contributed by atoms with Gasteiger partial charge in [-0.3, -0.25) is 0 Å². The molecule has 0 saturated heterocycles. The minimum Gasteiger partial charge on any atom is -1.00 e. The van der Waals surface area contributed by atoms with Gasteiger partial charge in [-0.2, -0.15) is 0 Å². The van der Waals surface area contributed by atoms with E-state index in [1.807, 2.05) is 0 Å². The highest BCUT2D eigenvalue weighted by Crippen LogP contribution is 2.12. The molecule has 0 aliphatic carbocycles. The molecule has 1 aromatic heterocycles. The van der Waals surface area contributed by atoms with E-state index in [0.29, 0.717) is 0 Å². The number of imidazole rings is 1. The second kappa shape index (κ2) is 5.52. The third-order valence-electron chi connectivity index (χ3n) is 3.08. The second-order valence-corrected chi connectivity index (χ2v) is 4.33. The van der Waals surface area contributed by atoms with Crippen LogP contribution in [-0.4, -0.2) is 4.57 Å². The number of aromatic nitrogens is 2. The molecule has 0 bridgehead atoms. The molecule has 3 rings (SSSR count). The zero-order chi connectivity index (χ0) is 11.7. The maximum absolute atomic E-state index is 2.28. The Bertz CT molecular complexity index is 644. The van der Waals surface area contributed by atoms with Gasteiger partial charge >= 0.3 is 0 Å².